The van der Waals surface area contributed by atoms with Gasteiger partial charge < -0.3 is 5.73 Å². The Morgan fingerprint density at radius 2 is 1.62 bits per heavy atom. The first-order valence-electron chi connectivity index (χ1n) is 7.66. The zero-order valence-corrected chi connectivity index (χ0v) is 13.9. The molecular weight excluding hydrogens is 302 g/mol. The third kappa shape index (κ3) is 2.54. The van der Waals surface area contributed by atoms with Crippen molar-refractivity contribution in [3.8, 4) is 11.1 Å². The number of aromatic nitrogens is 1. The molecule has 3 N–H and O–H groups in total. The molecular formula is C19H19N3O2. The molecule has 0 aliphatic heterocycles. The number of hydrogen-bond donors (Lipinski definition) is 2. The van der Waals surface area contributed by atoms with Crippen LogP contribution in [0, 0.1) is 13.8 Å². The molecule has 0 bridgehead atoms. The van der Waals surface area contributed by atoms with Crippen molar-refractivity contribution in [1.29, 1.82) is 0 Å². The van der Waals surface area contributed by atoms with Crippen molar-refractivity contribution in [3.63, 3.8) is 0 Å². The fourth-order valence-electron chi connectivity index (χ4n) is 2.94. The van der Waals surface area contributed by atoms with E-state index in [4.69, 9.17) is 5.73 Å². The Bertz CT molecular complexity index is 1000. The lowest BCUT2D eigenvalue weighted by atomic mass is 9.96. The van der Waals surface area contributed by atoms with E-state index in [1.54, 1.807) is 7.05 Å². The zero-order valence-electron chi connectivity index (χ0n) is 13.9. The Balaban J connectivity index is 2.53. The smallest absolute Gasteiger partial charge is 0.317 e. The molecule has 0 saturated heterocycles. The second-order valence-corrected chi connectivity index (χ2v) is 5.93. The molecule has 5 heteroatoms. The van der Waals surface area contributed by atoms with Crippen LogP contribution in [-0.4, -0.2) is 10.6 Å². The number of carbonyl (C=O) groups excluding carboxylic acids is 1. The van der Waals surface area contributed by atoms with Gasteiger partial charge >= 0.3 is 6.03 Å². The molecule has 0 atom stereocenters. The number of nitrogens with zero attached hydrogens (tertiary/aromatic N) is 1. The topological polar surface area (TPSA) is 77.1 Å². The van der Waals surface area contributed by atoms with Crippen LogP contribution in [0.2, 0.25) is 0 Å². The van der Waals surface area contributed by atoms with Crippen molar-refractivity contribution >= 4 is 22.6 Å². The average Bonchev–Trinajstić information content (AvgIpc) is 2.55. The molecule has 1 heterocycles. The summed E-state index contributed by atoms with van der Waals surface area (Å²) in [7, 11) is 1.63. The number of fused-ring (bicyclic) bond motifs is 1. The van der Waals surface area contributed by atoms with Gasteiger partial charge in [0.05, 0.1) is 0 Å². The molecule has 2 aromatic carbocycles. The maximum atomic E-state index is 12.7. The van der Waals surface area contributed by atoms with E-state index in [2.05, 4.69) is 5.32 Å². The van der Waals surface area contributed by atoms with Crippen molar-refractivity contribution in [2.45, 2.75) is 13.8 Å². The molecule has 3 rings (SSSR count). The van der Waals surface area contributed by atoms with Gasteiger partial charge in [0.2, 0.25) is 0 Å². The van der Waals surface area contributed by atoms with Gasteiger partial charge in [-0.2, -0.15) is 0 Å². The molecule has 0 aliphatic carbocycles. The Labute approximate surface area is 139 Å². The van der Waals surface area contributed by atoms with Crippen LogP contribution < -0.4 is 16.6 Å². The number of rotatable bonds is 2. The lowest BCUT2D eigenvalue weighted by Crippen LogP contribution is -2.27. The van der Waals surface area contributed by atoms with Crippen LogP contribution in [0.5, 0.6) is 0 Å². The molecule has 2 amide bonds. The minimum Gasteiger partial charge on any atom is -0.351 e. The second kappa shape index (κ2) is 5.85. The predicted octanol–water partition coefficient (Wildman–Crippen LogP) is 3.31. The van der Waals surface area contributed by atoms with Crippen LogP contribution in [-0.2, 0) is 7.05 Å². The second-order valence-electron chi connectivity index (χ2n) is 5.93. The number of primary amides is 1. The molecule has 0 spiro atoms. The van der Waals surface area contributed by atoms with Gasteiger partial charge in [0.1, 0.15) is 5.82 Å². The number of urea groups is 1. The normalized spacial score (nSPS) is 10.8. The number of pyridine rings is 1. The summed E-state index contributed by atoms with van der Waals surface area (Å²) in [4.78, 5) is 24.2. The van der Waals surface area contributed by atoms with Gasteiger partial charge in [-0.05, 0) is 42.0 Å². The molecule has 0 saturated carbocycles. The van der Waals surface area contributed by atoms with E-state index in [1.807, 2.05) is 56.3 Å². The molecule has 0 fully saturated rings. The maximum absolute atomic E-state index is 12.7. The Hall–Kier alpha value is -3.08. The Kier molecular flexibility index (Phi) is 3.85. The molecule has 0 aliphatic rings. The van der Waals surface area contributed by atoms with Crippen LogP contribution in [0.4, 0.5) is 10.6 Å². The molecule has 1 aromatic heterocycles. The van der Waals surface area contributed by atoms with E-state index in [9.17, 15) is 9.59 Å². The first-order chi connectivity index (χ1) is 11.4. The quantitative estimate of drug-likeness (QED) is 0.759. The fourth-order valence-corrected chi connectivity index (χ4v) is 2.94. The summed E-state index contributed by atoms with van der Waals surface area (Å²) in [6.07, 6.45) is 0. The number of amides is 2. The van der Waals surface area contributed by atoms with Crippen LogP contribution in [0.3, 0.4) is 0 Å². The van der Waals surface area contributed by atoms with Crippen LogP contribution in [0.15, 0.2) is 47.3 Å². The summed E-state index contributed by atoms with van der Waals surface area (Å²) in [5.41, 5.74) is 8.98. The van der Waals surface area contributed by atoms with Gasteiger partial charge in [0, 0.05) is 18.0 Å². The number of nitrogens with two attached hydrogens (primary N) is 1. The highest BCUT2D eigenvalue weighted by atomic mass is 16.2. The van der Waals surface area contributed by atoms with E-state index in [0.29, 0.717) is 11.2 Å². The van der Waals surface area contributed by atoms with Gasteiger partial charge in [-0.15, -0.1) is 0 Å². The van der Waals surface area contributed by atoms with Crippen LogP contribution in [0.1, 0.15) is 11.1 Å². The largest absolute Gasteiger partial charge is 0.351 e. The predicted molar refractivity (Wildman–Crippen MR) is 97.3 cm³/mol. The molecule has 5 nitrogen and oxygen atoms in total. The highest BCUT2D eigenvalue weighted by molar-refractivity contribution is 6.05. The number of benzene rings is 2. The summed E-state index contributed by atoms with van der Waals surface area (Å²) in [6.45, 7) is 3.98. The summed E-state index contributed by atoms with van der Waals surface area (Å²) >= 11 is 0. The zero-order chi connectivity index (χ0) is 17.4. The number of carbonyl (C=O) groups is 1. The lowest BCUT2D eigenvalue weighted by Gasteiger charge is -2.18. The summed E-state index contributed by atoms with van der Waals surface area (Å²) in [5, 5.41) is 4.03. The van der Waals surface area contributed by atoms with E-state index in [0.717, 1.165) is 27.6 Å². The van der Waals surface area contributed by atoms with Gasteiger partial charge in [-0.25, -0.2) is 4.79 Å². The lowest BCUT2D eigenvalue weighted by molar-refractivity contribution is 0.259. The van der Waals surface area contributed by atoms with Crippen molar-refractivity contribution in [3.05, 3.63) is 63.9 Å². The monoisotopic (exact) mass is 321 g/mol. The number of anilines is 1. The van der Waals surface area contributed by atoms with E-state index >= 15 is 0 Å². The standard InChI is InChI=1S/C19H19N3O2/c1-11-9-14-15(10-12(11)2)18(23)22(3)17(21-19(20)24)16(14)13-7-5-4-6-8-13/h4-10H,1-3H3,(H3,20,21,24). The van der Waals surface area contributed by atoms with Crippen LogP contribution in [0.25, 0.3) is 21.9 Å². The summed E-state index contributed by atoms with van der Waals surface area (Å²) in [5.74, 6) is 0.398. The van der Waals surface area contributed by atoms with Crippen molar-refractivity contribution in [2.75, 3.05) is 5.32 Å². The van der Waals surface area contributed by atoms with Gasteiger partial charge in [0.25, 0.3) is 5.56 Å². The van der Waals surface area contributed by atoms with Crippen molar-refractivity contribution < 1.29 is 4.79 Å². The summed E-state index contributed by atoms with van der Waals surface area (Å²) < 4.78 is 1.43. The van der Waals surface area contributed by atoms with Crippen LogP contribution >= 0.6 is 0 Å². The highest BCUT2D eigenvalue weighted by Gasteiger charge is 2.18. The highest BCUT2D eigenvalue weighted by Crippen LogP contribution is 2.34. The molecule has 0 unspecified atom stereocenters. The minimum absolute atomic E-state index is 0.170. The number of hydrogen-bond acceptors (Lipinski definition) is 2. The third-order valence-electron chi connectivity index (χ3n) is 4.31. The number of aryl methyl sites for hydroxylation is 2. The average molecular weight is 321 g/mol. The van der Waals surface area contributed by atoms with E-state index in [1.165, 1.54) is 4.57 Å². The van der Waals surface area contributed by atoms with Crippen molar-refractivity contribution in [1.82, 2.24) is 4.57 Å². The molecule has 0 radical (unpaired) electrons. The molecule has 24 heavy (non-hydrogen) atoms. The Morgan fingerprint density at radius 3 is 2.21 bits per heavy atom. The van der Waals surface area contributed by atoms with Gasteiger partial charge in [0.15, 0.2) is 0 Å². The number of nitrogens with one attached hydrogen (secondary N) is 1. The fraction of sp³-hybridized carbons (Fsp3) is 0.158. The molecule has 122 valence electrons. The summed E-state index contributed by atoms with van der Waals surface area (Å²) in [6, 6.07) is 12.8. The third-order valence-corrected chi connectivity index (χ3v) is 4.31. The van der Waals surface area contributed by atoms with Crippen molar-refractivity contribution in [2.24, 2.45) is 12.8 Å². The first kappa shape index (κ1) is 15.8. The minimum atomic E-state index is -0.703. The molecule has 3 aromatic rings. The van der Waals surface area contributed by atoms with E-state index in [-0.39, 0.29) is 5.56 Å². The SMILES string of the molecule is Cc1cc2c(-c3ccccc3)c(NC(N)=O)n(C)c(=O)c2cc1C. The van der Waals surface area contributed by atoms with Gasteiger partial charge in [-0.3, -0.25) is 14.7 Å². The Morgan fingerprint density at radius 1 is 1.04 bits per heavy atom. The van der Waals surface area contributed by atoms with E-state index < -0.39 is 6.03 Å². The maximum Gasteiger partial charge on any atom is 0.317 e. The van der Waals surface area contributed by atoms with Gasteiger partial charge in [-0.1, -0.05) is 36.4 Å². The first-order valence-corrected chi connectivity index (χ1v) is 7.66.